The van der Waals surface area contributed by atoms with Crippen LogP contribution < -0.4 is 0 Å². The summed E-state index contributed by atoms with van der Waals surface area (Å²) in [5.41, 5.74) is 0.750. The monoisotopic (exact) mass is 315 g/mol. The van der Waals surface area contributed by atoms with Crippen molar-refractivity contribution < 1.29 is 12.9 Å². The summed E-state index contributed by atoms with van der Waals surface area (Å²) < 4.78 is 29.5. The van der Waals surface area contributed by atoms with Crippen LogP contribution in [0.15, 0.2) is 64.3 Å². The summed E-state index contributed by atoms with van der Waals surface area (Å²) in [4.78, 5) is 8.42. The standard InChI is InChI=1S/C15H13N3O3S/c19-22(20,13-4-2-1-3-5-13)11-8-14-17-15(21-18-14)12-6-9-16-10-7-12/h1-7,9-10H,8,11H2. The topological polar surface area (TPSA) is 86.0 Å². The van der Waals surface area contributed by atoms with Gasteiger partial charge in [0, 0.05) is 24.4 Å². The maximum absolute atomic E-state index is 12.2. The first-order valence-electron chi connectivity index (χ1n) is 6.66. The highest BCUT2D eigenvalue weighted by atomic mass is 32.2. The van der Waals surface area contributed by atoms with Gasteiger partial charge in [0.2, 0.25) is 0 Å². The Kier molecular flexibility index (Phi) is 3.97. The molecule has 0 fully saturated rings. The van der Waals surface area contributed by atoms with Crippen molar-refractivity contribution in [3.05, 3.63) is 60.7 Å². The van der Waals surface area contributed by atoms with Gasteiger partial charge in [-0.1, -0.05) is 23.4 Å². The number of sulfone groups is 1. The number of rotatable bonds is 5. The Bertz CT molecular complexity index is 846. The highest BCUT2D eigenvalue weighted by Gasteiger charge is 2.16. The van der Waals surface area contributed by atoms with Crippen LogP contribution in [0.25, 0.3) is 11.5 Å². The van der Waals surface area contributed by atoms with Crippen LogP contribution in [0.2, 0.25) is 0 Å². The molecule has 0 bridgehead atoms. The van der Waals surface area contributed by atoms with Crippen molar-refractivity contribution in [1.29, 1.82) is 0 Å². The molecule has 3 rings (SSSR count). The van der Waals surface area contributed by atoms with Crippen LogP contribution >= 0.6 is 0 Å². The minimum atomic E-state index is -3.35. The molecule has 2 heterocycles. The lowest BCUT2D eigenvalue weighted by Gasteiger charge is -2.01. The normalized spacial score (nSPS) is 11.5. The van der Waals surface area contributed by atoms with Gasteiger partial charge in [-0.3, -0.25) is 4.98 Å². The molecule has 0 saturated carbocycles. The summed E-state index contributed by atoms with van der Waals surface area (Å²) in [7, 11) is -3.35. The Morgan fingerprint density at radius 2 is 1.73 bits per heavy atom. The summed E-state index contributed by atoms with van der Waals surface area (Å²) in [6.45, 7) is 0. The van der Waals surface area contributed by atoms with Gasteiger partial charge in [-0.05, 0) is 24.3 Å². The molecule has 0 N–H and O–H groups in total. The maximum Gasteiger partial charge on any atom is 0.258 e. The molecule has 112 valence electrons. The van der Waals surface area contributed by atoms with Gasteiger partial charge in [0.1, 0.15) is 0 Å². The lowest BCUT2D eigenvalue weighted by Crippen LogP contribution is -2.09. The second-order valence-corrected chi connectivity index (χ2v) is 6.74. The quantitative estimate of drug-likeness (QED) is 0.717. The molecule has 7 heteroatoms. The molecular weight excluding hydrogens is 302 g/mol. The first kappa shape index (κ1) is 14.4. The molecule has 1 aromatic carbocycles. The Morgan fingerprint density at radius 3 is 2.45 bits per heavy atom. The Hall–Kier alpha value is -2.54. The molecule has 0 atom stereocenters. The van der Waals surface area contributed by atoms with E-state index in [0.29, 0.717) is 16.6 Å². The van der Waals surface area contributed by atoms with Gasteiger partial charge in [0.15, 0.2) is 15.7 Å². The number of aromatic nitrogens is 3. The molecule has 0 spiro atoms. The fourth-order valence-electron chi connectivity index (χ4n) is 1.94. The second-order valence-electron chi connectivity index (χ2n) is 4.63. The van der Waals surface area contributed by atoms with Gasteiger partial charge in [0.05, 0.1) is 10.6 Å². The maximum atomic E-state index is 12.2. The third kappa shape index (κ3) is 3.20. The first-order valence-corrected chi connectivity index (χ1v) is 8.31. The van der Waals surface area contributed by atoms with E-state index in [2.05, 4.69) is 15.1 Å². The summed E-state index contributed by atoms with van der Waals surface area (Å²) >= 11 is 0. The number of hydrogen-bond acceptors (Lipinski definition) is 6. The fraction of sp³-hybridized carbons (Fsp3) is 0.133. The van der Waals surface area contributed by atoms with Crippen LogP contribution in [0.5, 0.6) is 0 Å². The SMILES string of the molecule is O=S(=O)(CCc1noc(-c2ccncc2)n1)c1ccccc1. The van der Waals surface area contributed by atoms with E-state index in [4.69, 9.17) is 4.52 Å². The molecule has 3 aromatic rings. The van der Waals surface area contributed by atoms with E-state index < -0.39 is 9.84 Å². The molecule has 22 heavy (non-hydrogen) atoms. The van der Waals surface area contributed by atoms with Gasteiger partial charge in [-0.25, -0.2) is 8.42 Å². The number of benzene rings is 1. The molecule has 6 nitrogen and oxygen atoms in total. The fourth-order valence-corrected chi connectivity index (χ4v) is 3.20. The largest absolute Gasteiger partial charge is 0.334 e. The number of nitrogens with zero attached hydrogens (tertiary/aromatic N) is 3. The molecule has 0 saturated heterocycles. The molecule has 0 radical (unpaired) electrons. The summed E-state index contributed by atoms with van der Waals surface area (Å²) in [5, 5.41) is 3.82. The summed E-state index contributed by atoms with van der Waals surface area (Å²) in [6.07, 6.45) is 3.45. The van der Waals surface area contributed by atoms with E-state index in [1.807, 2.05) is 0 Å². The van der Waals surface area contributed by atoms with Crippen LogP contribution in [0, 0.1) is 0 Å². The second kappa shape index (κ2) is 6.07. The van der Waals surface area contributed by atoms with Crippen LogP contribution in [0.4, 0.5) is 0 Å². The van der Waals surface area contributed by atoms with Gasteiger partial charge < -0.3 is 4.52 Å². The van der Waals surface area contributed by atoms with E-state index in [0.717, 1.165) is 5.56 Å². The Morgan fingerprint density at radius 1 is 1.00 bits per heavy atom. The van der Waals surface area contributed by atoms with E-state index in [1.165, 1.54) is 0 Å². The zero-order valence-corrected chi connectivity index (χ0v) is 12.4. The Labute approximate surface area is 127 Å². The van der Waals surface area contributed by atoms with Crippen LogP contribution in [0.3, 0.4) is 0 Å². The van der Waals surface area contributed by atoms with E-state index >= 15 is 0 Å². The van der Waals surface area contributed by atoms with Gasteiger partial charge >= 0.3 is 0 Å². The van der Waals surface area contributed by atoms with Gasteiger partial charge in [-0.2, -0.15) is 4.98 Å². The number of aryl methyl sites for hydroxylation is 1. The average molecular weight is 315 g/mol. The predicted molar refractivity (Wildman–Crippen MR) is 79.7 cm³/mol. The lowest BCUT2D eigenvalue weighted by atomic mass is 10.3. The van der Waals surface area contributed by atoms with Crippen LogP contribution in [-0.2, 0) is 16.3 Å². The van der Waals surface area contributed by atoms with Crippen LogP contribution in [0.1, 0.15) is 5.82 Å². The third-order valence-corrected chi connectivity index (χ3v) is 4.82. The van der Waals surface area contributed by atoms with Crippen molar-refractivity contribution in [2.24, 2.45) is 0 Å². The van der Waals surface area contributed by atoms with Crippen molar-refractivity contribution in [2.45, 2.75) is 11.3 Å². The zero-order valence-electron chi connectivity index (χ0n) is 11.6. The van der Waals surface area contributed by atoms with E-state index in [1.54, 1.807) is 54.9 Å². The highest BCUT2D eigenvalue weighted by Crippen LogP contribution is 2.16. The molecule has 0 amide bonds. The predicted octanol–water partition coefficient (Wildman–Crippen LogP) is 2.15. The number of pyridine rings is 1. The van der Waals surface area contributed by atoms with Gasteiger partial charge in [0.25, 0.3) is 5.89 Å². The van der Waals surface area contributed by atoms with E-state index in [9.17, 15) is 8.42 Å². The third-order valence-electron chi connectivity index (χ3n) is 3.09. The molecule has 0 unspecified atom stereocenters. The first-order chi connectivity index (χ1) is 10.6. The van der Waals surface area contributed by atoms with Crippen LogP contribution in [-0.4, -0.2) is 29.3 Å². The van der Waals surface area contributed by atoms with Crippen molar-refractivity contribution in [3.63, 3.8) is 0 Å². The molecule has 0 aliphatic heterocycles. The Balaban J connectivity index is 1.72. The number of hydrogen-bond donors (Lipinski definition) is 0. The minimum Gasteiger partial charge on any atom is -0.334 e. The smallest absolute Gasteiger partial charge is 0.258 e. The average Bonchev–Trinajstić information content (AvgIpc) is 3.04. The summed E-state index contributed by atoms with van der Waals surface area (Å²) in [5.74, 6) is 0.660. The molecule has 0 aliphatic carbocycles. The van der Waals surface area contributed by atoms with Crippen molar-refractivity contribution in [2.75, 3.05) is 5.75 Å². The van der Waals surface area contributed by atoms with Crippen molar-refractivity contribution >= 4 is 9.84 Å². The van der Waals surface area contributed by atoms with E-state index in [-0.39, 0.29) is 12.2 Å². The molecule has 2 aromatic heterocycles. The zero-order chi connectivity index (χ0) is 15.4. The van der Waals surface area contributed by atoms with Crippen molar-refractivity contribution in [1.82, 2.24) is 15.1 Å². The minimum absolute atomic E-state index is 0.0632. The molecular formula is C15H13N3O3S. The summed E-state index contributed by atoms with van der Waals surface area (Å²) in [6, 6.07) is 11.8. The highest BCUT2D eigenvalue weighted by molar-refractivity contribution is 7.91. The van der Waals surface area contributed by atoms with Crippen molar-refractivity contribution in [3.8, 4) is 11.5 Å². The van der Waals surface area contributed by atoms with Gasteiger partial charge in [-0.15, -0.1) is 0 Å². The lowest BCUT2D eigenvalue weighted by molar-refractivity contribution is 0.423. The molecule has 0 aliphatic rings.